The normalized spacial score (nSPS) is 22.6. The molecule has 0 bridgehead atoms. The molecule has 4 rings (SSSR count). The van der Waals surface area contributed by atoms with Crippen molar-refractivity contribution in [3.63, 3.8) is 0 Å². The van der Waals surface area contributed by atoms with Crippen LogP contribution in [0.5, 0.6) is 0 Å². The summed E-state index contributed by atoms with van der Waals surface area (Å²) >= 11 is 6.23. The standard InChI is InChI=1S/C20H23ClFN5O2/c1-11-2-3-12(6-14(11)21)17-24-7-13(8-25-19(29)20(22)4-5-20)18(26-17)27-9-15(23)16(28)10-27/h2-3,6-7,15-16,28H,4-5,8-10,23H2,1H3,(H,25,29)/t15-,16+/m1/s1. The highest BCUT2D eigenvalue weighted by Crippen LogP contribution is 2.40. The summed E-state index contributed by atoms with van der Waals surface area (Å²) in [6, 6.07) is 5.17. The van der Waals surface area contributed by atoms with Gasteiger partial charge in [0.2, 0.25) is 0 Å². The molecule has 2 fully saturated rings. The number of carbonyl (C=O) groups is 1. The number of hydrogen-bond donors (Lipinski definition) is 3. The number of alkyl halides is 1. The second-order valence-electron chi connectivity index (χ2n) is 7.79. The van der Waals surface area contributed by atoms with E-state index in [1.807, 2.05) is 24.0 Å². The first-order valence-corrected chi connectivity index (χ1v) is 9.93. The van der Waals surface area contributed by atoms with Crippen LogP contribution in [0.1, 0.15) is 24.0 Å². The summed E-state index contributed by atoms with van der Waals surface area (Å²) in [6.45, 7) is 2.74. The molecule has 1 saturated carbocycles. The van der Waals surface area contributed by atoms with Gasteiger partial charge in [0.05, 0.1) is 6.10 Å². The van der Waals surface area contributed by atoms with Crippen LogP contribution in [-0.2, 0) is 11.3 Å². The molecule has 9 heteroatoms. The number of nitrogens with one attached hydrogen (secondary N) is 1. The molecule has 2 aromatic rings. The van der Waals surface area contributed by atoms with Crippen molar-refractivity contribution in [2.75, 3.05) is 18.0 Å². The van der Waals surface area contributed by atoms with E-state index in [2.05, 4.69) is 15.3 Å². The average Bonchev–Trinajstić information content (AvgIpc) is 3.37. The molecule has 1 aromatic carbocycles. The van der Waals surface area contributed by atoms with Gasteiger partial charge in [0.25, 0.3) is 5.91 Å². The zero-order valence-corrected chi connectivity index (χ0v) is 16.8. The highest BCUT2D eigenvalue weighted by Gasteiger charge is 2.50. The van der Waals surface area contributed by atoms with E-state index >= 15 is 0 Å². The van der Waals surface area contributed by atoms with E-state index in [1.54, 1.807) is 12.3 Å². The molecule has 2 atom stereocenters. The predicted molar refractivity (Wildman–Crippen MR) is 108 cm³/mol. The first-order valence-electron chi connectivity index (χ1n) is 9.55. The molecule has 1 aliphatic heterocycles. The predicted octanol–water partition coefficient (Wildman–Crippen LogP) is 1.73. The van der Waals surface area contributed by atoms with E-state index < -0.39 is 23.7 Å². The van der Waals surface area contributed by atoms with Gasteiger partial charge in [0.1, 0.15) is 5.82 Å². The number of rotatable bonds is 5. The first kappa shape index (κ1) is 20.0. The number of aromatic nitrogens is 2. The molecule has 1 aromatic heterocycles. The molecule has 154 valence electrons. The second kappa shape index (κ2) is 7.51. The number of aryl methyl sites for hydroxylation is 1. The average molecular weight is 420 g/mol. The number of nitrogens with two attached hydrogens (primary N) is 1. The van der Waals surface area contributed by atoms with E-state index in [-0.39, 0.29) is 19.4 Å². The van der Waals surface area contributed by atoms with Crippen molar-refractivity contribution in [1.29, 1.82) is 0 Å². The number of aliphatic hydroxyl groups excluding tert-OH is 1. The van der Waals surface area contributed by atoms with Crippen LogP contribution in [0.15, 0.2) is 24.4 Å². The molecule has 2 aliphatic rings. The summed E-state index contributed by atoms with van der Waals surface area (Å²) in [7, 11) is 0. The van der Waals surface area contributed by atoms with Gasteiger partial charge in [-0.25, -0.2) is 14.4 Å². The Kier molecular flexibility index (Phi) is 5.18. The Labute approximate surface area is 173 Å². The number of anilines is 1. The first-order chi connectivity index (χ1) is 13.8. The third kappa shape index (κ3) is 4.05. The number of carbonyl (C=O) groups excluding carboxylic acids is 1. The largest absolute Gasteiger partial charge is 0.390 e. The van der Waals surface area contributed by atoms with Crippen LogP contribution in [-0.4, -0.2) is 51.9 Å². The monoisotopic (exact) mass is 419 g/mol. The Bertz CT molecular complexity index is 942. The second-order valence-corrected chi connectivity index (χ2v) is 8.20. The van der Waals surface area contributed by atoms with Crippen molar-refractivity contribution >= 4 is 23.3 Å². The smallest absolute Gasteiger partial charge is 0.257 e. The third-order valence-electron chi connectivity index (χ3n) is 5.44. The molecule has 0 spiro atoms. The fourth-order valence-corrected chi connectivity index (χ4v) is 3.50. The van der Waals surface area contributed by atoms with Crippen LogP contribution in [0.2, 0.25) is 5.02 Å². The van der Waals surface area contributed by atoms with Crippen molar-refractivity contribution in [3.8, 4) is 11.4 Å². The minimum atomic E-state index is -1.74. The van der Waals surface area contributed by atoms with E-state index in [0.29, 0.717) is 35.3 Å². The summed E-state index contributed by atoms with van der Waals surface area (Å²) < 4.78 is 13.9. The van der Waals surface area contributed by atoms with E-state index in [0.717, 1.165) is 11.1 Å². The Balaban J connectivity index is 1.64. The van der Waals surface area contributed by atoms with Gasteiger partial charge >= 0.3 is 0 Å². The molecule has 2 heterocycles. The Morgan fingerprint density at radius 2 is 2.21 bits per heavy atom. The number of hydrogen-bond acceptors (Lipinski definition) is 6. The van der Waals surface area contributed by atoms with E-state index in [9.17, 15) is 14.3 Å². The van der Waals surface area contributed by atoms with E-state index in [4.69, 9.17) is 17.3 Å². The highest BCUT2D eigenvalue weighted by molar-refractivity contribution is 6.31. The minimum Gasteiger partial charge on any atom is -0.390 e. The van der Waals surface area contributed by atoms with Crippen molar-refractivity contribution in [3.05, 3.63) is 40.5 Å². The lowest BCUT2D eigenvalue weighted by Crippen LogP contribution is -2.34. The highest BCUT2D eigenvalue weighted by atomic mass is 35.5. The van der Waals surface area contributed by atoms with Crippen molar-refractivity contribution in [2.45, 2.75) is 44.1 Å². The van der Waals surface area contributed by atoms with Crippen LogP contribution in [0.3, 0.4) is 0 Å². The fraction of sp³-hybridized carbons (Fsp3) is 0.450. The Morgan fingerprint density at radius 3 is 2.83 bits per heavy atom. The molecule has 29 heavy (non-hydrogen) atoms. The van der Waals surface area contributed by atoms with Crippen LogP contribution in [0.25, 0.3) is 11.4 Å². The zero-order valence-electron chi connectivity index (χ0n) is 16.0. The number of nitrogens with zero attached hydrogens (tertiary/aromatic N) is 3. The van der Waals surface area contributed by atoms with Gasteiger partial charge in [-0.1, -0.05) is 23.7 Å². The molecular formula is C20H23ClFN5O2. The number of amides is 1. The maximum Gasteiger partial charge on any atom is 0.257 e. The van der Waals surface area contributed by atoms with Crippen LogP contribution in [0, 0.1) is 6.92 Å². The lowest BCUT2D eigenvalue weighted by molar-refractivity contribution is -0.127. The quantitative estimate of drug-likeness (QED) is 0.681. The van der Waals surface area contributed by atoms with Crippen molar-refractivity contribution < 1.29 is 14.3 Å². The SMILES string of the molecule is Cc1ccc(-c2ncc(CNC(=O)C3(F)CC3)c(N3C[C@@H](N)[C@@H](O)C3)n2)cc1Cl. The van der Waals surface area contributed by atoms with Crippen molar-refractivity contribution in [1.82, 2.24) is 15.3 Å². The minimum absolute atomic E-state index is 0.0939. The van der Waals surface area contributed by atoms with Crippen LogP contribution in [0.4, 0.5) is 10.2 Å². The summed E-state index contributed by atoms with van der Waals surface area (Å²) in [5.74, 6) is 0.412. The van der Waals surface area contributed by atoms with Gasteiger partial charge < -0.3 is 21.1 Å². The maximum atomic E-state index is 13.9. The van der Waals surface area contributed by atoms with Gasteiger partial charge in [-0.05, 0) is 31.4 Å². The molecule has 1 amide bonds. The topological polar surface area (TPSA) is 104 Å². The zero-order chi connectivity index (χ0) is 20.8. The molecule has 7 nitrogen and oxygen atoms in total. The molecule has 1 aliphatic carbocycles. The number of β-amino-alcohol motifs (C(OH)–C–C–N with tert-alkyl or cyclic N) is 1. The number of benzene rings is 1. The van der Waals surface area contributed by atoms with Crippen LogP contribution >= 0.6 is 11.6 Å². The molecular weight excluding hydrogens is 397 g/mol. The Hall–Kier alpha value is -2.29. The fourth-order valence-electron chi connectivity index (χ4n) is 3.32. The van der Waals surface area contributed by atoms with Crippen LogP contribution < -0.4 is 16.0 Å². The lowest BCUT2D eigenvalue weighted by Gasteiger charge is -2.21. The molecule has 4 N–H and O–H groups in total. The maximum absolute atomic E-state index is 13.9. The van der Waals surface area contributed by atoms with Gasteiger partial charge in [0, 0.05) is 48.0 Å². The van der Waals surface area contributed by atoms with Crippen molar-refractivity contribution in [2.24, 2.45) is 5.73 Å². The molecule has 1 saturated heterocycles. The molecule has 0 unspecified atom stereocenters. The van der Waals surface area contributed by atoms with Gasteiger partial charge in [-0.15, -0.1) is 0 Å². The van der Waals surface area contributed by atoms with Gasteiger partial charge in [0.15, 0.2) is 11.5 Å². The van der Waals surface area contributed by atoms with Gasteiger partial charge in [-0.2, -0.15) is 0 Å². The van der Waals surface area contributed by atoms with E-state index in [1.165, 1.54) is 0 Å². The summed E-state index contributed by atoms with van der Waals surface area (Å²) in [5, 5.41) is 13.3. The third-order valence-corrected chi connectivity index (χ3v) is 5.85. The summed E-state index contributed by atoms with van der Waals surface area (Å²) in [4.78, 5) is 22.9. The summed E-state index contributed by atoms with van der Waals surface area (Å²) in [6.07, 6.45) is 1.44. The summed E-state index contributed by atoms with van der Waals surface area (Å²) in [5.41, 5.74) is 6.54. The Morgan fingerprint density at radius 1 is 1.45 bits per heavy atom. The molecule has 0 radical (unpaired) electrons. The number of aliphatic hydroxyl groups is 1. The number of halogens is 2. The van der Waals surface area contributed by atoms with Gasteiger partial charge in [-0.3, -0.25) is 4.79 Å². The lowest BCUT2D eigenvalue weighted by atomic mass is 10.1.